The SMILES string of the molecule is Cc1cccc(C)c1NC(=O)[C@H](N)C(C)C.Cl. The average Bonchev–Trinajstić information content (AvgIpc) is 2.22. The molecule has 96 valence electrons. The van der Waals surface area contributed by atoms with E-state index in [1.807, 2.05) is 45.9 Å². The first-order valence-corrected chi connectivity index (χ1v) is 5.56. The summed E-state index contributed by atoms with van der Waals surface area (Å²) < 4.78 is 0. The molecule has 3 N–H and O–H groups in total. The molecule has 0 heterocycles. The van der Waals surface area contributed by atoms with Crippen LogP contribution in [0.1, 0.15) is 25.0 Å². The molecule has 1 amide bonds. The molecule has 0 aromatic heterocycles. The summed E-state index contributed by atoms with van der Waals surface area (Å²) in [6.07, 6.45) is 0. The second-order valence-electron chi connectivity index (χ2n) is 4.53. The maximum atomic E-state index is 11.8. The van der Waals surface area contributed by atoms with Gasteiger partial charge in [-0.25, -0.2) is 0 Å². The fraction of sp³-hybridized carbons (Fsp3) is 0.462. The lowest BCUT2D eigenvalue weighted by Gasteiger charge is -2.17. The van der Waals surface area contributed by atoms with Crippen LogP contribution in [0.4, 0.5) is 5.69 Å². The lowest BCUT2D eigenvalue weighted by atomic mass is 10.0. The van der Waals surface area contributed by atoms with Crippen LogP contribution in [-0.2, 0) is 4.79 Å². The molecule has 0 aliphatic carbocycles. The Bertz CT molecular complexity index is 371. The van der Waals surface area contributed by atoms with Crippen LogP contribution in [0.3, 0.4) is 0 Å². The maximum Gasteiger partial charge on any atom is 0.241 e. The predicted octanol–water partition coefficient (Wildman–Crippen LogP) is 2.65. The summed E-state index contributed by atoms with van der Waals surface area (Å²) in [5.41, 5.74) is 8.79. The molecule has 3 nitrogen and oxygen atoms in total. The highest BCUT2D eigenvalue weighted by Crippen LogP contribution is 2.19. The van der Waals surface area contributed by atoms with Crippen LogP contribution in [0.5, 0.6) is 0 Å². The second-order valence-corrected chi connectivity index (χ2v) is 4.53. The van der Waals surface area contributed by atoms with Crippen molar-refractivity contribution in [3.8, 4) is 0 Å². The highest BCUT2D eigenvalue weighted by atomic mass is 35.5. The van der Waals surface area contributed by atoms with Gasteiger partial charge in [0.1, 0.15) is 0 Å². The number of anilines is 1. The quantitative estimate of drug-likeness (QED) is 0.874. The van der Waals surface area contributed by atoms with Crippen LogP contribution in [0.25, 0.3) is 0 Å². The minimum absolute atomic E-state index is 0. The van der Waals surface area contributed by atoms with E-state index in [1.165, 1.54) is 0 Å². The van der Waals surface area contributed by atoms with Gasteiger partial charge in [0.2, 0.25) is 5.91 Å². The molecule has 0 unspecified atom stereocenters. The van der Waals surface area contributed by atoms with Crippen molar-refractivity contribution in [2.24, 2.45) is 11.7 Å². The minimum Gasteiger partial charge on any atom is -0.324 e. The highest BCUT2D eigenvalue weighted by molar-refractivity contribution is 5.96. The lowest BCUT2D eigenvalue weighted by molar-refractivity contribution is -0.118. The molecule has 0 aliphatic heterocycles. The predicted molar refractivity (Wildman–Crippen MR) is 74.6 cm³/mol. The monoisotopic (exact) mass is 256 g/mol. The van der Waals surface area contributed by atoms with Gasteiger partial charge >= 0.3 is 0 Å². The van der Waals surface area contributed by atoms with Crippen LogP contribution >= 0.6 is 12.4 Å². The van der Waals surface area contributed by atoms with Gasteiger partial charge < -0.3 is 11.1 Å². The third-order valence-corrected chi connectivity index (χ3v) is 2.75. The topological polar surface area (TPSA) is 55.1 Å². The van der Waals surface area contributed by atoms with Gasteiger partial charge in [-0.1, -0.05) is 32.0 Å². The summed E-state index contributed by atoms with van der Waals surface area (Å²) in [5, 5.41) is 2.90. The van der Waals surface area contributed by atoms with Crippen LogP contribution < -0.4 is 11.1 Å². The molecule has 0 aliphatic rings. The first-order valence-electron chi connectivity index (χ1n) is 5.56. The Balaban J connectivity index is 0.00000256. The van der Waals surface area contributed by atoms with Gasteiger partial charge in [0, 0.05) is 5.69 Å². The van der Waals surface area contributed by atoms with Crippen LogP contribution in [-0.4, -0.2) is 11.9 Å². The summed E-state index contributed by atoms with van der Waals surface area (Å²) in [5.74, 6) is 0.0247. The van der Waals surface area contributed by atoms with E-state index in [-0.39, 0.29) is 24.2 Å². The largest absolute Gasteiger partial charge is 0.324 e. The number of hydrogen-bond donors (Lipinski definition) is 2. The molecule has 1 atom stereocenters. The van der Waals surface area contributed by atoms with E-state index in [0.717, 1.165) is 16.8 Å². The smallest absolute Gasteiger partial charge is 0.241 e. The normalized spacial score (nSPS) is 11.9. The molecule has 1 aromatic carbocycles. The zero-order valence-corrected chi connectivity index (χ0v) is 11.6. The number of para-hydroxylation sites is 1. The fourth-order valence-corrected chi connectivity index (χ4v) is 1.52. The Kier molecular flexibility index (Phi) is 6.21. The Morgan fingerprint density at radius 3 is 2.12 bits per heavy atom. The number of benzene rings is 1. The summed E-state index contributed by atoms with van der Waals surface area (Å²) in [4.78, 5) is 11.8. The first kappa shape index (κ1) is 15.9. The van der Waals surface area contributed by atoms with Gasteiger partial charge in [-0.3, -0.25) is 4.79 Å². The van der Waals surface area contributed by atoms with E-state index in [4.69, 9.17) is 5.73 Å². The number of carbonyl (C=O) groups is 1. The van der Waals surface area contributed by atoms with Crippen molar-refractivity contribution in [1.82, 2.24) is 0 Å². The molecule has 4 heteroatoms. The van der Waals surface area contributed by atoms with Crippen molar-refractivity contribution < 1.29 is 4.79 Å². The lowest BCUT2D eigenvalue weighted by Crippen LogP contribution is -2.40. The molecule has 1 aromatic rings. The highest BCUT2D eigenvalue weighted by Gasteiger charge is 2.18. The average molecular weight is 257 g/mol. The van der Waals surface area contributed by atoms with Crippen LogP contribution in [0, 0.1) is 19.8 Å². The first-order chi connectivity index (χ1) is 7.43. The van der Waals surface area contributed by atoms with Gasteiger partial charge in [0.15, 0.2) is 0 Å². The second kappa shape index (κ2) is 6.62. The molecule has 0 bridgehead atoms. The molecule has 0 saturated heterocycles. The number of aryl methyl sites for hydroxylation is 2. The molecular weight excluding hydrogens is 236 g/mol. The van der Waals surface area contributed by atoms with Crippen molar-refractivity contribution in [1.29, 1.82) is 0 Å². The van der Waals surface area contributed by atoms with Gasteiger partial charge in [-0.2, -0.15) is 0 Å². The number of carbonyl (C=O) groups excluding carboxylic acids is 1. The Hall–Kier alpha value is -1.06. The molecule has 1 rings (SSSR count). The van der Waals surface area contributed by atoms with Gasteiger partial charge in [-0.05, 0) is 30.9 Å². The summed E-state index contributed by atoms with van der Waals surface area (Å²) in [6.45, 7) is 7.83. The van der Waals surface area contributed by atoms with Gasteiger partial charge in [-0.15, -0.1) is 12.4 Å². The number of halogens is 1. The molecular formula is C13H21ClN2O. The number of nitrogens with two attached hydrogens (primary N) is 1. The summed E-state index contributed by atoms with van der Waals surface area (Å²) in [6, 6.07) is 5.47. The number of nitrogens with one attached hydrogen (secondary N) is 1. The van der Waals surface area contributed by atoms with Crippen molar-refractivity contribution in [3.63, 3.8) is 0 Å². The zero-order chi connectivity index (χ0) is 12.3. The molecule has 17 heavy (non-hydrogen) atoms. The van der Waals surface area contributed by atoms with Crippen LogP contribution in [0.2, 0.25) is 0 Å². The molecule has 0 spiro atoms. The van der Waals surface area contributed by atoms with Gasteiger partial charge in [0.05, 0.1) is 6.04 Å². The Morgan fingerprint density at radius 2 is 1.71 bits per heavy atom. The van der Waals surface area contributed by atoms with Crippen molar-refractivity contribution >= 4 is 24.0 Å². The molecule has 0 radical (unpaired) electrons. The van der Waals surface area contributed by atoms with Crippen molar-refractivity contribution in [3.05, 3.63) is 29.3 Å². The maximum absolute atomic E-state index is 11.8. The Labute approximate surface area is 109 Å². The third kappa shape index (κ3) is 4.02. The standard InChI is InChI=1S/C13H20N2O.ClH/c1-8(2)11(14)13(16)15-12-9(3)6-5-7-10(12)4;/h5-8,11H,14H2,1-4H3,(H,15,16);1H/t11-;/m1./s1. The van der Waals surface area contributed by atoms with E-state index in [9.17, 15) is 4.79 Å². The summed E-state index contributed by atoms with van der Waals surface area (Å²) >= 11 is 0. The van der Waals surface area contributed by atoms with Crippen molar-refractivity contribution in [2.45, 2.75) is 33.7 Å². The van der Waals surface area contributed by atoms with E-state index < -0.39 is 6.04 Å². The van der Waals surface area contributed by atoms with Crippen molar-refractivity contribution in [2.75, 3.05) is 5.32 Å². The van der Waals surface area contributed by atoms with E-state index in [2.05, 4.69) is 5.32 Å². The fourth-order valence-electron chi connectivity index (χ4n) is 1.52. The molecule has 0 saturated carbocycles. The van der Waals surface area contributed by atoms with Gasteiger partial charge in [0.25, 0.3) is 0 Å². The number of rotatable bonds is 3. The van der Waals surface area contributed by atoms with E-state index in [0.29, 0.717) is 0 Å². The zero-order valence-electron chi connectivity index (χ0n) is 10.8. The number of amides is 1. The Morgan fingerprint density at radius 1 is 1.24 bits per heavy atom. The summed E-state index contributed by atoms with van der Waals surface area (Å²) in [7, 11) is 0. The third-order valence-electron chi connectivity index (χ3n) is 2.75. The van der Waals surface area contributed by atoms with E-state index >= 15 is 0 Å². The minimum atomic E-state index is -0.459. The van der Waals surface area contributed by atoms with Crippen LogP contribution in [0.15, 0.2) is 18.2 Å². The van der Waals surface area contributed by atoms with E-state index in [1.54, 1.807) is 0 Å². The number of hydrogen-bond acceptors (Lipinski definition) is 2. The molecule has 0 fully saturated rings.